The van der Waals surface area contributed by atoms with Crippen molar-refractivity contribution in [3.63, 3.8) is 0 Å². The Kier molecular flexibility index (Phi) is 2.18. The molecule has 66 valence electrons. The van der Waals surface area contributed by atoms with E-state index in [1.165, 1.54) is 0 Å². The number of rotatable bonds is 2. The number of hydrogen-bond acceptors (Lipinski definition) is 5. The number of aromatic amines is 1. The van der Waals surface area contributed by atoms with Crippen LogP contribution in [0.4, 0.5) is 11.6 Å². The highest BCUT2D eigenvalue weighted by Crippen LogP contribution is 2.15. The summed E-state index contributed by atoms with van der Waals surface area (Å²) in [6.45, 7) is 1.98. The molecule has 12 heavy (non-hydrogen) atoms. The van der Waals surface area contributed by atoms with Gasteiger partial charge in [0.15, 0.2) is 5.82 Å². The second-order valence-corrected chi connectivity index (χ2v) is 2.12. The Labute approximate surface area is 68.9 Å². The summed E-state index contributed by atoms with van der Waals surface area (Å²) in [5.74, 6) is -0.363. The largest absolute Gasteiger partial charge is 0.462 e. The first-order valence-electron chi connectivity index (χ1n) is 3.43. The summed E-state index contributed by atoms with van der Waals surface area (Å²) in [6.07, 6.45) is 0. The van der Waals surface area contributed by atoms with E-state index in [2.05, 4.69) is 14.9 Å². The molecule has 0 aromatic carbocycles. The minimum absolute atomic E-state index is 0.0611. The molecule has 6 nitrogen and oxygen atoms in total. The molecule has 0 bridgehead atoms. The van der Waals surface area contributed by atoms with Crippen molar-refractivity contribution in [2.45, 2.75) is 6.92 Å². The third-order valence-electron chi connectivity index (χ3n) is 1.30. The smallest absolute Gasteiger partial charge is 0.345 e. The van der Waals surface area contributed by atoms with Gasteiger partial charge in [0.2, 0.25) is 0 Å². The van der Waals surface area contributed by atoms with E-state index in [0.717, 1.165) is 0 Å². The molecule has 0 aliphatic carbocycles. The summed E-state index contributed by atoms with van der Waals surface area (Å²) in [7, 11) is 0. The van der Waals surface area contributed by atoms with Gasteiger partial charge in [-0.2, -0.15) is 5.10 Å². The normalized spacial score (nSPS) is 9.75. The van der Waals surface area contributed by atoms with Crippen LogP contribution in [0.2, 0.25) is 0 Å². The lowest BCUT2D eigenvalue weighted by atomic mass is 10.3. The van der Waals surface area contributed by atoms with Gasteiger partial charge in [0.05, 0.1) is 6.61 Å². The van der Waals surface area contributed by atoms with E-state index in [1.54, 1.807) is 6.92 Å². The number of nitrogen functional groups attached to an aromatic ring is 2. The fourth-order valence-electron chi connectivity index (χ4n) is 0.788. The standard InChI is InChI=1S/C6H10N4O2/c1-2-12-6(11)3-4(7)9-10-5(3)8/h2H2,1H3,(H5,7,8,9,10). The van der Waals surface area contributed by atoms with Gasteiger partial charge in [-0.3, -0.25) is 5.10 Å². The molecule has 0 fully saturated rings. The van der Waals surface area contributed by atoms with E-state index >= 15 is 0 Å². The topological polar surface area (TPSA) is 107 Å². The molecule has 0 amide bonds. The minimum atomic E-state index is -0.554. The van der Waals surface area contributed by atoms with Crippen molar-refractivity contribution >= 4 is 17.6 Å². The molecular formula is C6H10N4O2. The monoisotopic (exact) mass is 170 g/mol. The molecule has 0 aliphatic heterocycles. The molecule has 0 aliphatic rings. The van der Waals surface area contributed by atoms with Crippen LogP contribution in [0.1, 0.15) is 17.3 Å². The molecular weight excluding hydrogens is 160 g/mol. The van der Waals surface area contributed by atoms with Gasteiger partial charge >= 0.3 is 5.97 Å². The molecule has 1 aromatic heterocycles. The van der Waals surface area contributed by atoms with E-state index < -0.39 is 5.97 Å². The van der Waals surface area contributed by atoms with Crippen molar-refractivity contribution < 1.29 is 9.53 Å². The Morgan fingerprint density at radius 1 is 1.67 bits per heavy atom. The molecule has 1 aromatic rings. The molecule has 0 atom stereocenters. The number of hydrogen-bond donors (Lipinski definition) is 3. The number of carbonyl (C=O) groups excluding carboxylic acids is 1. The maximum Gasteiger partial charge on any atom is 0.345 e. The Hall–Kier alpha value is -1.72. The number of nitrogens with one attached hydrogen (secondary N) is 1. The Morgan fingerprint density at radius 2 is 2.33 bits per heavy atom. The van der Waals surface area contributed by atoms with E-state index in [1.807, 2.05) is 0 Å². The van der Waals surface area contributed by atoms with Crippen LogP contribution >= 0.6 is 0 Å². The maximum absolute atomic E-state index is 11.1. The lowest BCUT2D eigenvalue weighted by molar-refractivity contribution is 0.0529. The molecule has 0 unspecified atom stereocenters. The highest BCUT2D eigenvalue weighted by atomic mass is 16.5. The molecule has 1 rings (SSSR count). The van der Waals surface area contributed by atoms with Crippen LogP contribution in [0.3, 0.4) is 0 Å². The summed E-state index contributed by atoms with van der Waals surface area (Å²) < 4.78 is 4.69. The van der Waals surface area contributed by atoms with Gasteiger partial charge in [-0.05, 0) is 6.92 Å². The number of nitrogens with two attached hydrogens (primary N) is 2. The van der Waals surface area contributed by atoms with Crippen LogP contribution in [0.25, 0.3) is 0 Å². The second kappa shape index (κ2) is 3.12. The van der Waals surface area contributed by atoms with Crippen molar-refractivity contribution in [1.29, 1.82) is 0 Å². The lowest BCUT2D eigenvalue weighted by Crippen LogP contribution is -2.08. The second-order valence-electron chi connectivity index (χ2n) is 2.12. The molecule has 0 radical (unpaired) electrons. The third-order valence-corrected chi connectivity index (χ3v) is 1.30. The summed E-state index contributed by atoms with van der Waals surface area (Å²) in [4.78, 5) is 11.1. The van der Waals surface area contributed by atoms with Crippen LogP contribution in [-0.2, 0) is 4.74 Å². The lowest BCUT2D eigenvalue weighted by Gasteiger charge is -1.99. The zero-order valence-electron chi connectivity index (χ0n) is 6.63. The molecule has 1 heterocycles. The van der Waals surface area contributed by atoms with Crippen LogP contribution in [-0.4, -0.2) is 22.8 Å². The predicted octanol–water partition coefficient (Wildman–Crippen LogP) is -0.249. The van der Waals surface area contributed by atoms with Gasteiger partial charge in [-0.1, -0.05) is 0 Å². The van der Waals surface area contributed by atoms with Crippen molar-refractivity contribution in [3.8, 4) is 0 Å². The summed E-state index contributed by atoms with van der Waals surface area (Å²) in [5.41, 5.74) is 10.8. The predicted molar refractivity (Wildman–Crippen MR) is 43.4 cm³/mol. The Morgan fingerprint density at radius 3 is 2.75 bits per heavy atom. The van der Waals surface area contributed by atoms with E-state index in [4.69, 9.17) is 11.5 Å². The van der Waals surface area contributed by atoms with Crippen LogP contribution in [0, 0.1) is 0 Å². The summed E-state index contributed by atoms with van der Waals surface area (Å²) >= 11 is 0. The number of H-pyrrole nitrogens is 1. The van der Waals surface area contributed by atoms with Gasteiger partial charge in [-0.15, -0.1) is 0 Å². The number of aromatic nitrogens is 2. The fourth-order valence-corrected chi connectivity index (χ4v) is 0.788. The molecule has 5 N–H and O–H groups in total. The molecule has 0 saturated carbocycles. The number of ether oxygens (including phenoxy) is 1. The van der Waals surface area contributed by atoms with Crippen LogP contribution < -0.4 is 11.5 Å². The quantitative estimate of drug-likeness (QED) is 0.530. The van der Waals surface area contributed by atoms with Gasteiger partial charge in [-0.25, -0.2) is 4.79 Å². The SMILES string of the molecule is CCOC(=O)c1c(N)n[nH]c1N. The minimum Gasteiger partial charge on any atom is -0.462 e. The average molecular weight is 170 g/mol. The highest BCUT2D eigenvalue weighted by molar-refractivity contribution is 5.98. The van der Waals surface area contributed by atoms with Crippen molar-refractivity contribution in [2.75, 3.05) is 18.1 Å². The first-order chi connectivity index (χ1) is 5.66. The summed E-state index contributed by atoms with van der Waals surface area (Å²) in [6, 6.07) is 0. The molecule has 0 saturated heterocycles. The number of carbonyl (C=O) groups is 1. The van der Waals surface area contributed by atoms with Gasteiger partial charge in [0.25, 0.3) is 0 Å². The number of anilines is 2. The van der Waals surface area contributed by atoms with Gasteiger partial charge in [0, 0.05) is 0 Å². The number of nitrogens with zero attached hydrogens (tertiary/aromatic N) is 1. The van der Waals surface area contributed by atoms with E-state index in [-0.39, 0.29) is 23.8 Å². The third kappa shape index (κ3) is 1.31. The summed E-state index contributed by atoms with van der Waals surface area (Å²) in [5, 5.41) is 5.92. The zero-order valence-corrected chi connectivity index (χ0v) is 6.63. The van der Waals surface area contributed by atoms with Crippen LogP contribution in [0.15, 0.2) is 0 Å². The molecule has 6 heteroatoms. The first kappa shape index (κ1) is 8.38. The fraction of sp³-hybridized carbons (Fsp3) is 0.333. The van der Waals surface area contributed by atoms with Crippen molar-refractivity contribution in [3.05, 3.63) is 5.56 Å². The first-order valence-corrected chi connectivity index (χ1v) is 3.43. The highest BCUT2D eigenvalue weighted by Gasteiger charge is 2.17. The van der Waals surface area contributed by atoms with Gasteiger partial charge < -0.3 is 16.2 Å². The Bertz CT molecular complexity index is 274. The van der Waals surface area contributed by atoms with Crippen molar-refractivity contribution in [2.24, 2.45) is 0 Å². The van der Waals surface area contributed by atoms with Gasteiger partial charge in [0.1, 0.15) is 11.4 Å². The van der Waals surface area contributed by atoms with E-state index in [9.17, 15) is 4.79 Å². The maximum atomic E-state index is 11.1. The Balaban J connectivity index is 2.93. The zero-order chi connectivity index (χ0) is 9.14. The number of esters is 1. The van der Waals surface area contributed by atoms with Crippen LogP contribution in [0.5, 0.6) is 0 Å². The van der Waals surface area contributed by atoms with E-state index in [0.29, 0.717) is 0 Å². The average Bonchev–Trinajstić information content (AvgIpc) is 2.32. The van der Waals surface area contributed by atoms with Crippen molar-refractivity contribution in [1.82, 2.24) is 10.2 Å². The molecule has 0 spiro atoms.